The van der Waals surface area contributed by atoms with Crippen LogP contribution in [0.4, 0.5) is 0 Å². The van der Waals surface area contributed by atoms with Crippen LogP contribution in [0.2, 0.25) is 0 Å². The predicted molar refractivity (Wildman–Crippen MR) is 73.4 cm³/mol. The maximum Gasteiger partial charge on any atom is 0.0189 e. The Morgan fingerprint density at radius 3 is 2.29 bits per heavy atom. The van der Waals surface area contributed by atoms with Crippen molar-refractivity contribution in [1.82, 2.24) is 15.1 Å². The van der Waals surface area contributed by atoms with E-state index in [-0.39, 0.29) is 0 Å². The van der Waals surface area contributed by atoms with Gasteiger partial charge in [-0.25, -0.2) is 0 Å². The average Bonchev–Trinajstić information content (AvgIpc) is 2.90. The van der Waals surface area contributed by atoms with Crippen LogP contribution in [-0.2, 0) is 0 Å². The van der Waals surface area contributed by atoms with Gasteiger partial charge in [-0.1, -0.05) is 19.8 Å². The van der Waals surface area contributed by atoms with E-state index in [1.54, 1.807) is 0 Å². The molecule has 0 aromatic carbocycles. The van der Waals surface area contributed by atoms with E-state index >= 15 is 0 Å². The van der Waals surface area contributed by atoms with E-state index in [2.05, 4.69) is 29.1 Å². The Hall–Kier alpha value is -0.120. The van der Waals surface area contributed by atoms with Crippen LogP contribution in [0.25, 0.3) is 0 Å². The molecule has 1 atom stereocenters. The number of likely N-dealkylation sites (N-methyl/N-ethyl adjacent to an activating group) is 1. The van der Waals surface area contributed by atoms with Gasteiger partial charge < -0.3 is 5.32 Å². The van der Waals surface area contributed by atoms with Crippen molar-refractivity contribution in [2.45, 2.75) is 51.1 Å². The molecule has 1 heterocycles. The minimum Gasteiger partial charge on any atom is -0.316 e. The molecule has 1 aliphatic carbocycles. The number of nitrogens with zero attached hydrogens (tertiary/aromatic N) is 2. The first kappa shape index (κ1) is 13.3. The third-order valence-corrected chi connectivity index (χ3v) is 4.63. The molecular formula is C14H29N3. The summed E-state index contributed by atoms with van der Waals surface area (Å²) in [5, 5.41) is 3.41. The molecule has 2 rings (SSSR count). The number of rotatable bonds is 5. The van der Waals surface area contributed by atoms with Crippen molar-refractivity contribution in [2.75, 3.05) is 39.8 Å². The molecule has 17 heavy (non-hydrogen) atoms. The maximum absolute atomic E-state index is 3.41. The van der Waals surface area contributed by atoms with Crippen molar-refractivity contribution in [2.24, 2.45) is 0 Å². The number of hydrogen-bond donors (Lipinski definition) is 1. The van der Waals surface area contributed by atoms with Gasteiger partial charge in [-0.05, 0) is 26.3 Å². The zero-order chi connectivity index (χ0) is 12.1. The Morgan fingerprint density at radius 2 is 1.76 bits per heavy atom. The van der Waals surface area contributed by atoms with Gasteiger partial charge in [0.15, 0.2) is 0 Å². The van der Waals surface area contributed by atoms with Crippen molar-refractivity contribution < 1.29 is 0 Å². The maximum atomic E-state index is 3.41. The minimum atomic E-state index is 0.674. The smallest absolute Gasteiger partial charge is 0.0189 e. The third kappa shape index (κ3) is 3.67. The van der Waals surface area contributed by atoms with Crippen LogP contribution in [0.1, 0.15) is 39.0 Å². The number of nitrogens with one attached hydrogen (secondary N) is 1. The fourth-order valence-corrected chi connectivity index (χ4v) is 3.32. The van der Waals surface area contributed by atoms with Crippen LogP contribution in [0.5, 0.6) is 0 Å². The summed E-state index contributed by atoms with van der Waals surface area (Å²) < 4.78 is 0. The molecule has 1 saturated heterocycles. The summed E-state index contributed by atoms with van der Waals surface area (Å²) in [7, 11) is 2.09. The first-order valence-corrected chi connectivity index (χ1v) is 7.47. The molecule has 3 nitrogen and oxygen atoms in total. The highest BCUT2D eigenvalue weighted by atomic mass is 15.3. The third-order valence-electron chi connectivity index (χ3n) is 4.63. The predicted octanol–water partition coefficient (Wildman–Crippen LogP) is 1.54. The van der Waals surface area contributed by atoms with Crippen LogP contribution >= 0.6 is 0 Å². The fraction of sp³-hybridized carbons (Fsp3) is 1.00. The number of hydrogen-bond acceptors (Lipinski definition) is 3. The summed E-state index contributed by atoms with van der Waals surface area (Å²) >= 11 is 0. The Morgan fingerprint density at radius 1 is 1.12 bits per heavy atom. The number of piperazine rings is 1. The van der Waals surface area contributed by atoms with Crippen molar-refractivity contribution >= 4 is 0 Å². The topological polar surface area (TPSA) is 18.5 Å². The van der Waals surface area contributed by atoms with Gasteiger partial charge in [-0.2, -0.15) is 0 Å². The van der Waals surface area contributed by atoms with Crippen molar-refractivity contribution in [3.05, 3.63) is 0 Å². The second-order valence-electron chi connectivity index (χ2n) is 5.67. The molecule has 2 fully saturated rings. The fourth-order valence-electron chi connectivity index (χ4n) is 3.32. The summed E-state index contributed by atoms with van der Waals surface area (Å²) in [5.41, 5.74) is 0. The SMILES string of the molecule is CCC(CN1CCN(C2CCCC2)CC1)NC. The molecule has 0 radical (unpaired) electrons. The molecule has 3 heteroatoms. The highest BCUT2D eigenvalue weighted by molar-refractivity contribution is 4.83. The first-order valence-electron chi connectivity index (χ1n) is 7.47. The van der Waals surface area contributed by atoms with Gasteiger partial charge in [0.25, 0.3) is 0 Å². The quantitative estimate of drug-likeness (QED) is 0.785. The van der Waals surface area contributed by atoms with Gasteiger partial charge in [-0.15, -0.1) is 0 Å². The van der Waals surface area contributed by atoms with Crippen molar-refractivity contribution in [3.8, 4) is 0 Å². The summed E-state index contributed by atoms with van der Waals surface area (Å²) in [4.78, 5) is 5.37. The Kier molecular flexibility index (Phi) is 5.26. The van der Waals surface area contributed by atoms with E-state index in [4.69, 9.17) is 0 Å². The van der Waals surface area contributed by atoms with E-state index < -0.39 is 0 Å². The molecule has 1 aliphatic heterocycles. The average molecular weight is 239 g/mol. The van der Waals surface area contributed by atoms with E-state index in [0.717, 1.165) is 6.04 Å². The van der Waals surface area contributed by atoms with Crippen molar-refractivity contribution in [3.63, 3.8) is 0 Å². The van der Waals surface area contributed by atoms with Gasteiger partial charge >= 0.3 is 0 Å². The van der Waals surface area contributed by atoms with Gasteiger partial charge in [0.05, 0.1) is 0 Å². The molecule has 1 unspecified atom stereocenters. The van der Waals surface area contributed by atoms with Gasteiger partial charge in [0.2, 0.25) is 0 Å². The summed E-state index contributed by atoms with van der Waals surface area (Å²) in [6, 6.07) is 1.59. The summed E-state index contributed by atoms with van der Waals surface area (Å²) in [6.07, 6.45) is 7.06. The van der Waals surface area contributed by atoms with Crippen LogP contribution in [-0.4, -0.2) is 61.7 Å². The normalized spacial score (nSPS) is 26.5. The van der Waals surface area contributed by atoms with Crippen LogP contribution in [0, 0.1) is 0 Å². The van der Waals surface area contributed by atoms with Crippen molar-refractivity contribution in [1.29, 1.82) is 0 Å². The Labute approximate surface area is 107 Å². The lowest BCUT2D eigenvalue weighted by molar-refractivity contribution is 0.0917. The molecule has 0 amide bonds. The zero-order valence-corrected chi connectivity index (χ0v) is 11.6. The molecule has 0 spiro atoms. The molecule has 0 aromatic heterocycles. The zero-order valence-electron chi connectivity index (χ0n) is 11.6. The standard InChI is InChI=1S/C14H29N3/c1-3-13(15-2)12-16-8-10-17(11-9-16)14-6-4-5-7-14/h13-15H,3-12H2,1-2H3. The summed E-state index contributed by atoms with van der Waals surface area (Å²) in [5.74, 6) is 0. The minimum absolute atomic E-state index is 0.674. The lowest BCUT2D eigenvalue weighted by Crippen LogP contribution is -2.52. The van der Waals surface area contributed by atoms with Crippen LogP contribution < -0.4 is 5.32 Å². The monoisotopic (exact) mass is 239 g/mol. The lowest BCUT2D eigenvalue weighted by atomic mass is 10.1. The Balaban J connectivity index is 1.70. The molecule has 1 saturated carbocycles. The summed E-state index contributed by atoms with van der Waals surface area (Å²) in [6.45, 7) is 8.64. The second-order valence-corrected chi connectivity index (χ2v) is 5.67. The highest BCUT2D eigenvalue weighted by Gasteiger charge is 2.26. The van der Waals surface area contributed by atoms with Gasteiger partial charge in [-0.3, -0.25) is 9.80 Å². The molecule has 0 bridgehead atoms. The molecule has 1 N–H and O–H groups in total. The van der Waals surface area contributed by atoms with E-state index in [1.807, 2.05) is 0 Å². The van der Waals surface area contributed by atoms with E-state index in [9.17, 15) is 0 Å². The molecule has 0 aromatic rings. The van der Waals surface area contributed by atoms with Crippen LogP contribution in [0.15, 0.2) is 0 Å². The second kappa shape index (κ2) is 6.72. The molecular weight excluding hydrogens is 210 g/mol. The van der Waals surface area contributed by atoms with E-state index in [1.165, 1.54) is 64.8 Å². The highest BCUT2D eigenvalue weighted by Crippen LogP contribution is 2.24. The lowest BCUT2D eigenvalue weighted by Gasteiger charge is -2.39. The van der Waals surface area contributed by atoms with E-state index in [0.29, 0.717) is 6.04 Å². The first-order chi connectivity index (χ1) is 8.33. The largest absolute Gasteiger partial charge is 0.316 e. The van der Waals surface area contributed by atoms with Gasteiger partial charge in [0.1, 0.15) is 0 Å². The molecule has 100 valence electrons. The van der Waals surface area contributed by atoms with Crippen LogP contribution in [0.3, 0.4) is 0 Å². The van der Waals surface area contributed by atoms with Gasteiger partial charge in [0, 0.05) is 44.8 Å². The molecule has 2 aliphatic rings. The Bertz CT molecular complexity index is 202.